The number of nitrogens with one attached hydrogen (secondary N) is 1. The van der Waals surface area contributed by atoms with Crippen molar-refractivity contribution < 1.29 is 8.42 Å². The Morgan fingerprint density at radius 3 is 2.28 bits per heavy atom. The lowest BCUT2D eigenvalue weighted by atomic mass is 10.1. The van der Waals surface area contributed by atoms with Crippen LogP contribution in [0.1, 0.15) is 33.6 Å². The standard InChI is InChI=1S/C18H24N4O2S/c1-18(2,3)21-25(23,24)16-9-5-4-8-14(16)15-10-11-17(20-19-15)22-12-6-7-13-22/h4-5,8-11,21H,6-7,12-13H2,1-3H3. The van der Waals surface area contributed by atoms with Gasteiger partial charge in [0.1, 0.15) is 0 Å². The number of nitrogens with zero attached hydrogens (tertiary/aromatic N) is 3. The number of hydrogen-bond donors (Lipinski definition) is 1. The molecule has 0 unspecified atom stereocenters. The fourth-order valence-electron chi connectivity index (χ4n) is 2.95. The molecule has 6 nitrogen and oxygen atoms in total. The molecule has 25 heavy (non-hydrogen) atoms. The van der Waals surface area contributed by atoms with Crippen molar-refractivity contribution in [2.75, 3.05) is 18.0 Å². The van der Waals surface area contributed by atoms with Crippen LogP contribution in [0, 0.1) is 0 Å². The van der Waals surface area contributed by atoms with E-state index in [1.807, 2.05) is 39.0 Å². The smallest absolute Gasteiger partial charge is 0.241 e. The van der Waals surface area contributed by atoms with Crippen molar-refractivity contribution in [2.45, 2.75) is 44.0 Å². The molecule has 0 radical (unpaired) electrons. The third-order valence-corrected chi connectivity index (χ3v) is 5.79. The quantitative estimate of drug-likeness (QED) is 0.907. The highest BCUT2D eigenvalue weighted by molar-refractivity contribution is 7.89. The van der Waals surface area contributed by atoms with Crippen LogP contribution in [-0.2, 0) is 10.0 Å². The Hall–Kier alpha value is -1.99. The first kappa shape index (κ1) is 17.8. The number of anilines is 1. The Labute approximate surface area is 149 Å². The summed E-state index contributed by atoms with van der Waals surface area (Å²) in [5, 5.41) is 8.58. The molecule has 1 fully saturated rings. The second-order valence-corrected chi connectivity index (χ2v) is 8.97. The Morgan fingerprint density at radius 1 is 1.00 bits per heavy atom. The van der Waals surface area contributed by atoms with Gasteiger partial charge in [-0.25, -0.2) is 13.1 Å². The molecule has 0 aliphatic carbocycles. The van der Waals surface area contributed by atoms with Gasteiger partial charge in [0.05, 0.1) is 10.6 Å². The average Bonchev–Trinajstić information content (AvgIpc) is 3.07. The zero-order valence-corrected chi connectivity index (χ0v) is 15.7. The molecular weight excluding hydrogens is 336 g/mol. The highest BCUT2D eigenvalue weighted by Crippen LogP contribution is 2.27. The van der Waals surface area contributed by atoms with Crippen LogP contribution in [0.25, 0.3) is 11.3 Å². The summed E-state index contributed by atoms with van der Waals surface area (Å²) in [4.78, 5) is 2.41. The maximum Gasteiger partial charge on any atom is 0.241 e. The van der Waals surface area contributed by atoms with Gasteiger partial charge in [-0.15, -0.1) is 10.2 Å². The minimum atomic E-state index is -3.65. The number of sulfonamides is 1. The molecular formula is C18H24N4O2S. The van der Waals surface area contributed by atoms with E-state index in [1.165, 1.54) is 12.8 Å². The number of hydrogen-bond acceptors (Lipinski definition) is 5. The summed E-state index contributed by atoms with van der Waals surface area (Å²) >= 11 is 0. The monoisotopic (exact) mass is 360 g/mol. The van der Waals surface area contributed by atoms with Crippen molar-refractivity contribution in [3.63, 3.8) is 0 Å². The van der Waals surface area contributed by atoms with E-state index in [0.29, 0.717) is 11.3 Å². The highest BCUT2D eigenvalue weighted by atomic mass is 32.2. The average molecular weight is 360 g/mol. The normalized spacial score (nSPS) is 15.6. The van der Waals surface area contributed by atoms with Gasteiger partial charge in [0, 0.05) is 24.2 Å². The fourth-order valence-corrected chi connectivity index (χ4v) is 4.59. The summed E-state index contributed by atoms with van der Waals surface area (Å²) < 4.78 is 28.2. The van der Waals surface area contributed by atoms with Gasteiger partial charge < -0.3 is 4.90 Å². The molecule has 2 heterocycles. The summed E-state index contributed by atoms with van der Waals surface area (Å²) in [7, 11) is -3.65. The van der Waals surface area contributed by atoms with E-state index >= 15 is 0 Å². The lowest BCUT2D eigenvalue weighted by Crippen LogP contribution is -2.40. The Balaban J connectivity index is 1.95. The predicted octanol–water partition coefficient (Wildman–Crippen LogP) is 2.82. The van der Waals surface area contributed by atoms with Gasteiger partial charge in [0.25, 0.3) is 0 Å². The van der Waals surface area contributed by atoms with Crippen LogP contribution in [0.3, 0.4) is 0 Å². The van der Waals surface area contributed by atoms with Gasteiger partial charge in [0.15, 0.2) is 5.82 Å². The van der Waals surface area contributed by atoms with E-state index < -0.39 is 15.6 Å². The Morgan fingerprint density at radius 2 is 1.68 bits per heavy atom. The first-order valence-corrected chi connectivity index (χ1v) is 9.97. The lowest BCUT2D eigenvalue weighted by molar-refractivity contribution is 0.491. The van der Waals surface area contributed by atoms with E-state index in [1.54, 1.807) is 18.2 Å². The molecule has 1 saturated heterocycles. The number of rotatable bonds is 4. The highest BCUT2D eigenvalue weighted by Gasteiger charge is 2.25. The molecule has 3 rings (SSSR count). The van der Waals surface area contributed by atoms with Gasteiger partial charge in [0.2, 0.25) is 10.0 Å². The van der Waals surface area contributed by atoms with Crippen molar-refractivity contribution in [3.8, 4) is 11.3 Å². The van der Waals surface area contributed by atoms with Crippen LogP contribution in [0.2, 0.25) is 0 Å². The first-order valence-electron chi connectivity index (χ1n) is 8.48. The van der Waals surface area contributed by atoms with Crippen LogP contribution in [-0.4, -0.2) is 37.2 Å². The topological polar surface area (TPSA) is 75.2 Å². The Kier molecular flexibility index (Phi) is 4.79. The van der Waals surface area contributed by atoms with Gasteiger partial charge >= 0.3 is 0 Å². The molecule has 0 spiro atoms. The summed E-state index contributed by atoms with van der Waals surface area (Å²) in [5.41, 5.74) is 0.551. The molecule has 0 saturated carbocycles. The molecule has 0 amide bonds. The Bertz CT molecular complexity index is 836. The summed E-state index contributed by atoms with van der Waals surface area (Å²) in [6.45, 7) is 7.44. The van der Waals surface area contributed by atoms with Crippen LogP contribution < -0.4 is 9.62 Å². The van der Waals surface area contributed by atoms with E-state index in [9.17, 15) is 8.42 Å². The SMILES string of the molecule is CC(C)(C)NS(=O)(=O)c1ccccc1-c1ccc(N2CCCC2)nn1. The maximum atomic E-state index is 12.8. The molecule has 1 aromatic carbocycles. The summed E-state index contributed by atoms with van der Waals surface area (Å²) in [6.07, 6.45) is 2.34. The molecule has 134 valence electrons. The minimum Gasteiger partial charge on any atom is -0.355 e. The van der Waals surface area contributed by atoms with Crippen LogP contribution in [0.4, 0.5) is 5.82 Å². The first-order chi connectivity index (χ1) is 11.8. The number of benzene rings is 1. The maximum absolute atomic E-state index is 12.8. The van der Waals surface area contributed by atoms with Crippen molar-refractivity contribution in [2.24, 2.45) is 0 Å². The molecule has 7 heteroatoms. The van der Waals surface area contributed by atoms with Gasteiger partial charge in [-0.1, -0.05) is 18.2 Å². The van der Waals surface area contributed by atoms with Crippen LogP contribution >= 0.6 is 0 Å². The molecule has 1 aromatic heterocycles. The van der Waals surface area contributed by atoms with Crippen molar-refractivity contribution in [1.82, 2.24) is 14.9 Å². The predicted molar refractivity (Wildman–Crippen MR) is 99.0 cm³/mol. The van der Waals surface area contributed by atoms with Crippen molar-refractivity contribution >= 4 is 15.8 Å². The van der Waals surface area contributed by atoms with Crippen molar-refractivity contribution in [3.05, 3.63) is 36.4 Å². The summed E-state index contributed by atoms with van der Waals surface area (Å²) in [6, 6.07) is 10.6. The molecule has 2 aromatic rings. The third kappa shape index (κ3) is 4.16. The zero-order valence-electron chi connectivity index (χ0n) is 14.9. The molecule has 0 atom stereocenters. The fraction of sp³-hybridized carbons (Fsp3) is 0.444. The molecule has 0 bridgehead atoms. The van der Waals surface area contributed by atoms with Crippen LogP contribution in [0.15, 0.2) is 41.3 Å². The lowest BCUT2D eigenvalue weighted by Gasteiger charge is -2.21. The van der Waals surface area contributed by atoms with E-state index in [0.717, 1.165) is 18.9 Å². The minimum absolute atomic E-state index is 0.216. The van der Waals surface area contributed by atoms with Gasteiger partial charge in [-0.3, -0.25) is 0 Å². The van der Waals surface area contributed by atoms with E-state index in [4.69, 9.17) is 0 Å². The number of aromatic nitrogens is 2. The second-order valence-electron chi connectivity index (χ2n) is 7.32. The van der Waals surface area contributed by atoms with Crippen molar-refractivity contribution in [1.29, 1.82) is 0 Å². The third-order valence-electron chi connectivity index (χ3n) is 3.97. The van der Waals surface area contributed by atoms with Crippen LogP contribution in [0.5, 0.6) is 0 Å². The van der Waals surface area contributed by atoms with E-state index in [2.05, 4.69) is 19.8 Å². The molecule has 1 N–H and O–H groups in total. The largest absolute Gasteiger partial charge is 0.355 e. The second kappa shape index (κ2) is 6.72. The zero-order chi connectivity index (χ0) is 18.1. The molecule has 1 aliphatic rings. The van der Waals surface area contributed by atoms with E-state index in [-0.39, 0.29) is 4.90 Å². The molecule has 1 aliphatic heterocycles. The van der Waals surface area contributed by atoms with Gasteiger partial charge in [-0.2, -0.15) is 0 Å². The summed E-state index contributed by atoms with van der Waals surface area (Å²) in [5.74, 6) is 0.842. The van der Waals surface area contributed by atoms with Gasteiger partial charge in [-0.05, 0) is 51.8 Å².